The van der Waals surface area contributed by atoms with Gasteiger partial charge in [-0.3, -0.25) is 9.78 Å². The summed E-state index contributed by atoms with van der Waals surface area (Å²) in [5.74, 6) is 0.393. The minimum atomic E-state index is -0.0425. The summed E-state index contributed by atoms with van der Waals surface area (Å²) >= 11 is 0. The van der Waals surface area contributed by atoms with Gasteiger partial charge in [0.15, 0.2) is 0 Å². The largest absolute Gasteiger partial charge is 0.337 e. The molecule has 5 nitrogen and oxygen atoms in total. The summed E-state index contributed by atoms with van der Waals surface area (Å²) in [6, 6.07) is 0. The van der Waals surface area contributed by atoms with Crippen LogP contribution in [0.25, 0.3) is 0 Å². The van der Waals surface area contributed by atoms with Crippen molar-refractivity contribution in [1.29, 1.82) is 0 Å². The number of aromatic nitrogens is 2. The minimum Gasteiger partial charge on any atom is -0.337 e. The van der Waals surface area contributed by atoms with Gasteiger partial charge in [-0.25, -0.2) is 4.98 Å². The molecule has 1 aromatic rings. The molecule has 80 valence electrons. The van der Waals surface area contributed by atoms with Crippen LogP contribution in [0, 0.1) is 5.92 Å². The number of carbonyl (C=O) groups is 1. The van der Waals surface area contributed by atoms with Gasteiger partial charge in [-0.1, -0.05) is 0 Å². The Kier molecular flexibility index (Phi) is 2.91. The van der Waals surface area contributed by atoms with E-state index in [1.165, 1.54) is 12.4 Å². The summed E-state index contributed by atoms with van der Waals surface area (Å²) in [6.45, 7) is 2.16. The van der Waals surface area contributed by atoms with Gasteiger partial charge in [-0.15, -0.1) is 0 Å². The second-order valence-electron chi connectivity index (χ2n) is 3.73. The van der Waals surface area contributed by atoms with Crippen LogP contribution >= 0.6 is 0 Å². The van der Waals surface area contributed by atoms with Crippen molar-refractivity contribution in [2.75, 3.05) is 19.6 Å². The third kappa shape index (κ3) is 2.12. The van der Waals surface area contributed by atoms with E-state index in [1.807, 2.05) is 0 Å². The lowest BCUT2D eigenvalue weighted by molar-refractivity contribution is 0.0781. The van der Waals surface area contributed by atoms with E-state index < -0.39 is 0 Å². The second-order valence-corrected chi connectivity index (χ2v) is 3.73. The molecule has 0 aliphatic carbocycles. The summed E-state index contributed by atoms with van der Waals surface area (Å²) in [7, 11) is 0. The van der Waals surface area contributed by atoms with Crippen LogP contribution in [0.2, 0.25) is 0 Å². The van der Waals surface area contributed by atoms with Gasteiger partial charge in [-0.05, 0) is 18.9 Å². The smallest absolute Gasteiger partial charge is 0.274 e. The molecule has 2 heterocycles. The number of hydrogen-bond acceptors (Lipinski definition) is 4. The Balaban J connectivity index is 2.04. The predicted octanol–water partition coefficient (Wildman–Crippen LogP) is -0.103. The highest BCUT2D eigenvalue weighted by Crippen LogP contribution is 2.16. The number of nitrogens with two attached hydrogens (primary N) is 1. The normalized spacial score (nSPS) is 20.6. The summed E-state index contributed by atoms with van der Waals surface area (Å²) < 4.78 is 0. The van der Waals surface area contributed by atoms with Crippen LogP contribution in [0.1, 0.15) is 16.9 Å². The molecule has 1 aromatic heterocycles. The van der Waals surface area contributed by atoms with Crippen molar-refractivity contribution in [3.05, 3.63) is 24.3 Å². The Morgan fingerprint density at radius 2 is 2.47 bits per heavy atom. The molecule has 0 spiro atoms. The molecule has 2 rings (SSSR count). The van der Waals surface area contributed by atoms with Gasteiger partial charge >= 0.3 is 0 Å². The van der Waals surface area contributed by atoms with E-state index in [4.69, 9.17) is 5.73 Å². The maximum atomic E-state index is 11.9. The zero-order chi connectivity index (χ0) is 10.7. The predicted molar refractivity (Wildman–Crippen MR) is 55.1 cm³/mol. The summed E-state index contributed by atoms with van der Waals surface area (Å²) in [5.41, 5.74) is 5.98. The highest BCUT2D eigenvalue weighted by atomic mass is 16.2. The molecule has 1 atom stereocenters. The van der Waals surface area contributed by atoms with Crippen LogP contribution in [0.4, 0.5) is 0 Å². The summed E-state index contributed by atoms with van der Waals surface area (Å²) in [6.07, 6.45) is 5.58. The van der Waals surface area contributed by atoms with Crippen LogP contribution in [-0.2, 0) is 0 Å². The first-order valence-corrected chi connectivity index (χ1v) is 5.06. The molecule has 1 fully saturated rings. The molecule has 1 saturated heterocycles. The topological polar surface area (TPSA) is 72.1 Å². The highest BCUT2D eigenvalue weighted by molar-refractivity contribution is 5.92. The Hall–Kier alpha value is -1.49. The third-order valence-corrected chi connectivity index (χ3v) is 2.69. The van der Waals surface area contributed by atoms with E-state index in [-0.39, 0.29) is 5.91 Å². The zero-order valence-corrected chi connectivity index (χ0v) is 8.47. The lowest BCUT2D eigenvalue weighted by Crippen LogP contribution is -2.30. The molecule has 1 unspecified atom stereocenters. The van der Waals surface area contributed by atoms with Gasteiger partial charge in [0, 0.05) is 25.5 Å². The molecule has 1 amide bonds. The van der Waals surface area contributed by atoms with Crippen LogP contribution in [0.15, 0.2) is 18.6 Å². The van der Waals surface area contributed by atoms with E-state index >= 15 is 0 Å². The van der Waals surface area contributed by atoms with Crippen molar-refractivity contribution in [2.45, 2.75) is 6.42 Å². The zero-order valence-electron chi connectivity index (χ0n) is 8.47. The highest BCUT2D eigenvalue weighted by Gasteiger charge is 2.26. The van der Waals surface area contributed by atoms with Crippen LogP contribution in [-0.4, -0.2) is 40.4 Å². The lowest BCUT2D eigenvalue weighted by Gasteiger charge is -2.15. The number of amides is 1. The second kappa shape index (κ2) is 4.35. The molecule has 1 aliphatic rings. The molecular formula is C10H14N4O. The van der Waals surface area contributed by atoms with Gasteiger partial charge < -0.3 is 10.6 Å². The van der Waals surface area contributed by atoms with Crippen molar-refractivity contribution in [3.63, 3.8) is 0 Å². The molecule has 5 heteroatoms. The maximum absolute atomic E-state index is 11.9. The minimum absolute atomic E-state index is 0.0425. The summed E-state index contributed by atoms with van der Waals surface area (Å²) in [5, 5.41) is 0. The first-order chi connectivity index (χ1) is 7.31. The average Bonchev–Trinajstić information content (AvgIpc) is 2.78. The van der Waals surface area contributed by atoms with Crippen molar-refractivity contribution in [3.8, 4) is 0 Å². The van der Waals surface area contributed by atoms with E-state index in [1.54, 1.807) is 11.1 Å². The first kappa shape index (κ1) is 10.0. The molecule has 15 heavy (non-hydrogen) atoms. The number of carbonyl (C=O) groups excluding carboxylic acids is 1. The van der Waals surface area contributed by atoms with Crippen LogP contribution in [0.3, 0.4) is 0 Å². The van der Waals surface area contributed by atoms with Crippen molar-refractivity contribution < 1.29 is 4.79 Å². The quantitative estimate of drug-likeness (QED) is 0.733. The Bertz CT molecular complexity index is 341. The monoisotopic (exact) mass is 206 g/mol. The molecular weight excluding hydrogens is 192 g/mol. The number of likely N-dealkylation sites (tertiary alicyclic amines) is 1. The van der Waals surface area contributed by atoms with E-state index in [0.29, 0.717) is 18.2 Å². The third-order valence-electron chi connectivity index (χ3n) is 2.69. The van der Waals surface area contributed by atoms with Gasteiger partial charge in [0.2, 0.25) is 0 Å². The number of rotatable bonds is 2. The summed E-state index contributed by atoms with van der Waals surface area (Å²) in [4.78, 5) is 21.6. The van der Waals surface area contributed by atoms with Crippen LogP contribution < -0.4 is 5.73 Å². The fourth-order valence-corrected chi connectivity index (χ4v) is 1.78. The molecule has 0 bridgehead atoms. The van der Waals surface area contributed by atoms with Gasteiger partial charge in [-0.2, -0.15) is 0 Å². The fourth-order valence-electron chi connectivity index (χ4n) is 1.78. The number of hydrogen-bond donors (Lipinski definition) is 1. The van der Waals surface area contributed by atoms with E-state index in [2.05, 4.69) is 9.97 Å². The SMILES string of the molecule is NCC1CCN(C(=O)c2cnccn2)C1. The molecule has 0 radical (unpaired) electrons. The van der Waals surface area contributed by atoms with Gasteiger partial charge in [0.05, 0.1) is 6.20 Å². The van der Waals surface area contributed by atoms with E-state index in [0.717, 1.165) is 19.5 Å². The maximum Gasteiger partial charge on any atom is 0.274 e. The van der Waals surface area contributed by atoms with Gasteiger partial charge in [0.25, 0.3) is 5.91 Å². The van der Waals surface area contributed by atoms with Gasteiger partial charge in [0.1, 0.15) is 5.69 Å². The van der Waals surface area contributed by atoms with Crippen LogP contribution in [0.5, 0.6) is 0 Å². The first-order valence-electron chi connectivity index (χ1n) is 5.06. The fraction of sp³-hybridized carbons (Fsp3) is 0.500. The molecule has 2 N–H and O–H groups in total. The number of nitrogens with zero attached hydrogens (tertiary/aromatic N) is 3. The van der Waals surface area contributed by atoms with Crippen molar-refractivity contribution in [1.82, 2.24) is 14.9 Å². The Morgan fingerprint density at radius 3 is 3.07 bits per heavy atom. The van der Waals surface area contributed by atoms with Crippen molar-refractivity contribution >= 4 is 5.91 Å². The Morgan fingerprint density at radius 1 is 1.60 bits per heavy atom. The Labute approximate surface area is 88.3 Å². The standard InChI is InChI=1S/C10H14N4O/c11-5-8-1-4-14(7-8)10(15)9-6-12-2-3-13-9/h2-3,6,8H,1,4-5,7,11H2. The molecule has 1 aliphatic heterocycles. The van der Waals surface area contributed by atoms with Crippen molar-refractivity contribution in [2.24, 2.45) is 11.7 Å². The van der Waals surface area contributed by atoms with E-state index in [9.17, 15) is 4.79 Å². The molecule has 0 aromatic carbocycles. The average molecular weight is 206 g/mol. The lowest BCUT2D eigenvalue weighted by atomic mass is 10.1. The molecule has 0 saturated carbocycles.